The SMILES string of the molecule is Cc1ccc(-c2onc(N)c2CC(C)C)cc1F. The molecule has 2 rings (SSSR count). The summed E-state index contributed by atoms with van der Waals surface area (Å²) in [6.45, 7) is 5.90. The van der Waals surface area contributed by atoms with Gasteiger partial charge in [-0.2, -0.15) is 0 Å². The van der Waals surface area contributed by atoms with Crippen LogP contribution in [-0.2, 0) is 6.42 Å². The summed E-state index contributed by atoms with van der Waals surface area (Å²) >= 11 is 0. The van der Waals surface area contributed by atoms with Gasteiger partial charge < -0.3 is 10.3 Å². The van der Waals surface area contributed by atoms with Crippen LogP contribution in [0.15, 0.2) is 22.7 Å². The van der Waals surface area contributed by atoms with Crippen LogP contribution >= 0.6 is 0 Å². The maximum Gasteiger partial charge on any atom is 0.172 e. The van der Waals surface area contributed by atoms with E-state index in [-0.39, 0.29) is 5.82 Å². The molecule has 0 fully saturated rings. The molecule has 0 aliphatic carbocycles. The van der Waals surface area contributed by atoms with Gasteiger partial charge >= 0.3 is 0 Å². The van der Waals surface area contributed by atoms with Crippen molar-refractivity contribution in [3.05, 3.63) is 35.1 Å². The van der Waals surface area contributed by atoms with Crippen LogP contribution < -0.4 is 5.73 Å². The lowest BCUT2D eigenvalue weighted by atomic mass is 9.99. The molecule has 0 spiro atoms. The number of rotatable bonds is 3. The minimum absolute atomic E-state index is 0.252. The van der Waals surface area contributed by atoms with Crippen LogP contribution in [0.2, 0.25) is 0 Å². The number of benzene rings is 1. The van der Waals surface area contributed by atoms with Crippen molar-refractivity contribution in [2.45, 2.75) is 27.2 Å². The molecule has 0 amide bonds. The van der Waals surface area contributed by atoms with Crippen LogP contribution in [0.3, 0.4) is 0 Å². The average molecular weight is 248 g/mol. The highest BCUT2D eigenvalue weighted by Crippen LogP contribution is 2.30. The molecule has 0 unspecified atom stereocenters. The van der Waals surface area contributed by atoms with Crippen LogP contribution in [0, 0.1) is 18.7 Å². The monoisotopic (exact) mass is 248 g/mol. The smallest absolute Gasteiger partial charge is 0.172 e. The molecule has 2 aromatic rings. The van der Waals surface area contributed by atoms with E-state index >= 15 is 0 Å². The number of anilines is 1. The maximum atomic E-state index is 13.6. The first-order chi connectivity index (χ1) is 8.49. The molecule has 0 bridgehead atoms. The van der Waals surface area contributed by atoms with E-state index in [0.717, 1.165) is 12.0 Å². The third-order valence-electron chi connectivity index (χ3n) is 2.86. The number of hydrogen-bond donors (Lipinski definition) is 1. The zero-order valence-corrected chi connectivity index (χ0v) is 10.8. The number of hydrogen-bond acceptors (Lipinski definition) is 3. The lowest BCUT2D eigenvalue weighted by molar-refractivity contribution is 0.434. The fraction of sp³-hybridized carbons (Fsp3) is 0.357. The number of nitrogens with two attached hydrogens (primary N) is 1. The molecule has 2 N–H and O–H groups in total. The van der Waals surface area contributed by atoms with Crippen molar-refractivity contribution in [1.29, 1.82) is 0 Å². The minimum atomic E-state index is -0.252. The fourth-order valence-corrected chi connectivity index (χ4v) is 1.89. The molecular weight excluding hydrogens is 231 g/mol. The first-order valence-corrected chi connectivity index (χ1v) is 5.99. The van der Waals surface area contributed by atoms with Gasteiger partial charge in [-0.1, -0.05) is 31.1 Å². The first kappa shape index (κ1) is 12.6. The molecule has 1 aromatic carbocycles. The van der Waals surface area contributed by atoms with Crippen molar-refractivity contribution in [3.8, 4) is 11.3 Å². The Balaban J connectivity index is 2.47. The maximum absolute atomic E-state index is 13.6. The van der Waals surface area contributed by atoms with Crippen LogP contribution in [0.25, 0.3) is 11.3 Å². The Morgan fingerprint density at radius 2 is 2.11 bits per heavy atom. The van der Waals surface area contributed by atoms with Crippen LogP contribution in [0.5, 0.6) is 0 Å². The van der Waals surface area contributed by atoms with Gasteiger partial charge in [-0.05, 0) is 30.9 Å². The lowest BCUT2D eigenvalue weighted by Gasteiger charge is -2.06. The normalized spacial score (nSPS) is 11.2. The van der Waals surface area contributed by atoms with Crippen LogP contribution in [0.1, 0.15) is 25.0 Å². The summed E-state index contributed by atoms with van der Waals surface area (Å²) < 4.78 is 18.8. The van der Waals surface area contributed by atoms with Crippen LogP contribution in [0.4, 0.5) is 10.2 Å². The molecule has 18 heavy (non-hydrogen) atoms. The van der Waals surface area contributed by atoms with E-state index in [1.165, 1.54) is 6.07 Å². The molecule has 96 valence electrons. The van der Waals surface area contributed by atoms with E-state index in [1.54, 1.807) is 13.0 Å². The third-order valence-corrected chi connectivity index (χ3v) is 2.86. The highest BCUT2D eigenvalue weighted by Gasteiger charge is 2.17. The van der Waals surface area contributed by atoms with Crippen molar-refractivity contribution in [3.63, 3.8) is 0 Å². The predicted octanol–water partition coefficient (Wildman–Crippen LogP) is 3.57. The summed E-state index contributed by atoms with van der Waals surface area (Å²) in [6, 6.07) is 5.00. The summed E-state index contributed by atoms with van der Waals surface area (Å²) in [5.74, 6) is 1.14. The van der Waals surface area contributed by atoms with Gasteiger partial charge in [0.15, 0.2) is 11.6 Å². The Kier molecular flexibility index (Phi) is 3.36. The Morgan fingerprint density at radius 3 is 2.72 bits per heavy atom. The van der Waals surface area contributed by atoms with Gasteiger partial charge in [0.05, 0.1) is 0 Å². The predicted molar refractivity (Wildman–Crippen MR) is 69.6 cm³/mol. The molecule has 4 heteroatoms. The molecule has 1 heterocycles. The fourth-order valence-electron chi connectivity index (χ4n) is 1.89. The average Bonchev–Trinajstić information content (AvgIpc) is 2.64. The van der Waals surface area contributed by atoms with Crippen LogP contribution in [-0.4, -0.2) is 5.16 Å². The second kappa shape index (κ2) is 4.80. The summed E-state index contributed by atoms with van der Waals surface area (Å²) in [7, 11) is 0. The summed E-state index contributed by atoms with van der Waals surface area (Å²) in [5.41, 5.74) is 7.94. The minimum Gasteiger partial charge on any atom is -0.381 e. The standard InChI is InChI=1S/C14H17FN2O/c1-8(2)6-11-13(18-17-14(11)16)10-5-4-9(3)12(15)7-10/h4-5,7-8H,6H2,1-3H3,(H2,16,17). The van der Waals surface area contributed by atoms with E-state index in [9.17, 15) is 4.39 Å². The molecule has 3 nitrogen and oxygen atoms in total. The van der Waals surface area contributed by atoms with E-state index in [1.807, 2.05) is 6.07 Å². The Hall–Kier alpha value is -1.84. The van der Waals surface area contributed by atoms with E-state index in [0.29, 0.717) is 28.6 Å². The van der Waals surface area contributed by atoms with Gasteiger partial charge in [0.1, 0.15) is 5.82 Å². The number of nitrogens with zero attached hydrogens (tertiary/aromatic N) is 1. The molecule has 0 atom stereocenters. The Bertz CT molecular complexity index is 561. The number of aromatic nitrogens is 1. The van der Waals surface area contributed by atoms with E-state index < -0.39 is 0 Å². The summed E-state index contributed by atoms with van der Waals surface area (Å²) in [5, 5.41) is 3.78. The van der Waals surface area contributed by atoms with Crippen molar-refractivity contribution < 1.29 is 8.91 Å². The topological polar surface area (TPSA) is 52.0 Å². The van der Waals surface area contributed by atoms with Gasteiger partial charge in [0.25, 0.3) is 0 Å². The zero-order chi connectivity index (χ0) is 13.3. The van der Waals surface area contributed by atoms with Gasteiger partial charge in [-0.15, -0.1) is 0 Å². The van der Waals surface area contributed by atoms with Gasteiger partial charge in [-0.25, -0.2) is 4.39 Å². The van der Waals surface area contributed by atoms with E-state index in [2.05, 4.69) is 19.0 Å². The number of nitrogen functional groups attached to an aromatic ring is 1. The molecule has 0 saturated carbocycles. The molecular formula is C14H17FN2O. The zero-order valence-electron chi connectivity index (χ0n) is 10.8. The quantitative estimate of drug-likeness (QED) is 0.903. The Labute approximate surface area is 106 Å². The molecule has 0 aliphatic heterocycles. The van der Waals surface area contributed by atoms with E-state index in [4.69, 9.17) is 10.3 Å². The molecule has 1 aromatic heterocycles. The number of aryl methyl sites for hydroxylation is 1. The third kappa shape index (κ3) is 2.37. The molecule has 0 saturated heterocycles. The van der Waals surface area contributed by atoms with Crippen molar-refractivity contribution in [1.82, 2.24) is 5.16 Å². The Morgan fingerprint density at radius 1 is 1.39 bits per heavy atom. The van der Waals surface area contributed by atoms with Crippen molar-refractivity contribution in [2.75, 3.05) is 5.73 Å². The second-order valence-electron chi connectivity index (χ2n) is 4.94. The summed E-state index contributed by atoms with van der Waals surface area (Å²) in [4.78, 5) is 0. The second-order valence-corrected chi connectivity index (χ2v) is 4.94. The lowest BCUT2D eigenvalue weighted by Crippen LogP contribution is -1.99. The molecule has 0 aliphatic rings. The number of halogens is 1. The van der Waals surface area contributed by atoms with Crippen molar-refractivity contribution in [2.24, 2.45) is 5.92 Å². The van der Waals surface area contributed by atoms with Gasteiger partial charge in [0.2, 0.25) is 0 Å². The largest absolute Gasteiger partial charge is 0.381 e. The van der Waals surface area contributed by atoms with Crippen molar-refractivity contribution >= 4 is 5.82 Å². The highest BCUT2D eigenvalue weighted by atomic mass is 19.1. The van der Waals surface area contributed by atoms with Gasteiger partial charge in [0, 0.05) is 11.1 Å². The van der Waals surface area contributed by atoms with Gasteiger partial charge in [-0.3, -0.25) is 0 Å². The molecule has 0 radical (unpaired) electrons. The first-order valence-electron chi connectivity index (χ1n) is 5.99. The summed E-state index contributed by atoms with van der Waals surface area (Å²) in [6.07, 6.45) is 0.764. The highest BCUT2D eigenvalue weighted by molar-refractivity contribution is 5.66.